The molecule has 0 radical (unpaired) electrons. The Morgan fingerprint density at radius 2 is 2.00 bits per heavy atom. The van der Waals surface area contributed by atoms with Gasteiger partial charge in [-0.3, -0.25) is 9.48 Å². The van der Waals surface area contributed by atoms with Gasteiger partial charge >= 0.3 is 0 Å². The van der Waals surface area contributed by atoms with Crippen molar-refractivity contribution in [3.63, 3.8) is 0 Å². The van der Waals surface area contributed by atoms with Gasteiger partial charge in [0.05, 0.1) is 23.6 Å². The van der Waals surface area contributed by atoms with Crippen LogP contribution in [0.1, 0.15) is 26.0 Å². The molecule has 2 aromatic heterocycles. The highest BCUT2D eigenvalue weighted by Crippen LogP contribution is 2.35. The molecule has 1 aliphatic rings. The topological polar surface area (TPSA) is 79.8 Å². The average Bonchev–Trinajstić information content (AvgIpc) is 3.27. The molecule has 3 aromatic rings. The molecule has 4 rings (SSSR count). The third kappa shape index (κ3) is 3.21. The Morgan fingerprint density at radius 1 is 1.26 bits per heavy atom. The van der Waals surface area contributed by atoms with Gasteiger partial charge in [0.25, 0.3) is 5.56 Å². The highest BCUT2D eigenvalue weighted by Gasteiger charge is 2.34. The van der Waals surface area contributed by atoms with E-state index in [4.69, 9.17) is 4.74 Å². The molecule has 1 aromatic carbocycles. The third-order valence-corrected chi connectivity index (χ3v) is 5.93. The minimum atomic E-state index is -0.154. The zero-order valence-corrected chi connectivity index (χ0v) is 16.6. The molecule has 1 fully saturated rings. The molecule has 1 unspecified atom stereocenters. The van der Waals surface area contributed by atoms with Crippen LogP contribution in [0, 0.1) is 6.92 Å². The van der Waals surface area contributed by atoms with Crippen LogP contribution in [0.3, 0.4) is 0 Å². The number of aromatic nitrogens is 6. The zero-order valence-electron chi connectivity index (χ0n) is 15.8. The fourth-order valence-electron chi connectivity index (χ4n) is 3.40. The zero-order chi connectivity index (χ0) is 19.2. The second-order valence-corrected chi connectivity index (χ2v) is 8.57. The number of thioether (sulfide) groups is 1. The van der Waals surface area contributed by atoms with E-state index in [0.29, 0.717) is 17.5 Å². The molecular formula is C18H22N6O2S. The molecule has 142 valence electrons. The minimum Gasteiger partial charge on any atom is -0.374 e. The monoisotopic (exact) mass is 386 g/mol. The standard InChI is InChI=1S/C18H22N6O2S/c1-12-15(16(25)24(22(12)4)13-8-6-5-7-9-13)23-17(19-20-21-23)27-14-10-18(2,3)26-11-14/h5-9,14H,10-11H2,1-4H3. The lowest BCUT2D eigenvalue weighted by Gasteiger charge is -2.15. The fraction of sp³-hybridized carbons (Fsp3) is 0.444. The third-order valence-electron chi connectivity index (χ3n) is 4.83. The van der Waals surface area contributed by atoms with Crippen LogP contribution in [0.2, 0.25) is 0 Å². The van der Waals surface area contributed by atoms with Crippen LogP contribution in [0.15, 0.2) is 40.3 Å². The second kappa shape index (κ2) is 6.65. The van der Waals surface area contributed by atoms with Gasteiger partial charge in [0.15, 0.2) is 5.69 Å². The quantitative estimate of drug-likeness (QED) is 0.683. The van der Waals surface area contributed by atoms with Gasteiger partial charge in [-0.25, -0.2) is 4.68 Å². The van der Waals surface area contributed by atoms with Crippen molar-refractivity contribution in [3.05, 3.63) is 46.4 Å². The van der Waals surface area contributed by atoms with Gasteiger partial charge in [0.2, 0.25) is 5.16 Å². The van der Waals surface area contributed by atoms with E-state index in [1.165, 1.54) is 0 Å². The number of hydrogen-bond donors (Lipinski definition) is 0. The first kappa shape index (κ1) is 18.0. The Bertz CT molecular complexity index is 1020. The van der Waals surface area contributed by atoms with Gasteiger partial charge in [-0.05, 0) is 49.8 Å². The van der Waals surface area contributed by atoms with E-state index in [9.17, 15) is 4.79 Å². The summed E-state index contributed by atoms with van der Waals surface area (Å²) in [4.78, 5) is 13.2. The number of rotatable bonds is 4. The maximum absolute atomic E-state index is 13.2. The van der Waals surface area contributed by atoms with Crippen molar-refractivity contribution in [1.29, 1.82) is 0 Å². The Hall–Kier alpha value is -2.39. The summed E-state index contributed by atoms with van der Waals surface area (Å²) in [6.07, 6.45) is 0.909. The second-order valence-electron chi connectivity index (χ2n) is 7.30. The number of benzene rings is 1. The summed E-state index contributed by atoms with van der Waals surface area (Å²) in [7, 11) is 1.86. The lowest BCUT2D eigenvalue weighted by molar-refractivity contribution is 0.0368. The molecule has 3 heterocycles. The van der Waals surface area contributed by atoms with E-state index in [0.717, 1.165) is 17.8 Å². The number of para-hydroxylation sites is 1. The summed E-state index contributed by atoms with van der Waals surface area (Å²) in [6, 6.07) is 9.54. The molecule has 0 bridgehead atoms. The molecule has 9 heteroatoms. The van der Waals surface area contributed by atoms with Crippen LogP contribution >= 0.6 is 11.8 Å². The lowest BCUT2D eigenvalue weighted by Crippen LogP contribution is -2.22. The van der Waals surface area contributed by atoms with Gasteiger partial charge in [0, 0.05) is 12.3 Å². The van der Waals surface area contributed by atoms with Crippen molar-refractivity contribution in [2.75, 3.05) is 6.61 Å². The van der Waals surface area contributed by atoms with Gasteiger partial charge in [-0.15, -0.1) is 5.10 Å². The summed E-state index contributed by atoms with van der Waals surface area (Å²) in [6.45, 7) is 6.70. The summed E-state index contributed by atoms with van der Waals surface area (Å²) >= 11 is 1.55. The number of nitrogens with zero attached hydrogens (tertiary/aromatic N) is 6. The van der Waals surface area contributed by atoms with Crippen LogP contribution < -0.4 is 5.56 Å². The molecule has 1 saturated heterocycles. The number of tetrazole rings is 1. The van der Waals surface area contributed by atoms with Crippen molar-refractivity contribution in [3.8, 4) is 11.4 Å². The first-order chi connectivity index (χ1) is 12.9. The van der Waals surface area contributed by atoms with Crippen LogP contribution in [0.4, 0.5) is 0 Å². The summed E-state index contributed by atoms with van der Waals surface area (Å²) < 4.78 is 10.8. The molecule has 8 nitrogen and oxygen atoms in total. The van der Waals surface area contributed by atoms with E-state index in [1.807, 2.05) is 49.0 Å². The molecular weight excluding hydrogens is 364 g/mol. The molecule has 27 heavy (non-hydrogen) atoms. The summed E-state index contributed by atoms with van der Waals surface area (Å²) in [5, 5.41) is 12.9. The van der Waals surface area contributed by atoms with Crippen molar-refractivity contribution >= 4 is 11.8 Å². The van der Waals surface area contributed by atoms with Crippen LogP contribution in [-0.2, 0) is 11.8 Å². The molecule has 0 amide bonds. The molecule has 0 aliphatic carbocycles. The lowest BCUT2D eigenvalue weighted by atomic mass is 10.1. The van der Waals surface area contributed by atoms with Crippen molar-refractivity contribution in [2.45, 2.75) is 43.2 Å². The highest BCUT2D eigenvalue weighted by molar-refractivity contribution is 7.99. The minimum absolute atomic E-state index is 0.140. The van der Waals surface area contributed by atoms with Crippen molar-refractivity contribution in [2.24, 2.45) is 7.05 Å². The molecule has 0 saturated carbocycles. The van der Waals surface area contributed by atoms with E-state index >= 15 is 0 Å². The first-order valence-electron chi connectivity index (χ1n) is 8.81. The average molecular weight is 386 g/mol. The van der Waals surface area contributed by atoms with E-state index in [1.54, 1.807) is 21.1 Å². The normalized spacial score (nSPS) is 18.9. The smallest absolute Gasteiger partial charge is 0.297 e. The molecule has 0 N–H and O–H groups in total. The predicted molar refractivity (Wildman–Crippen MR) is 103 cm³/mol. The van der Waals surface area contributed by atoms with Crippen LogP contribution in [0.5, 0.6) is 0 Å². The fourth-order valence-corrected chi connectivity index (χ4v) is 4.63. The Balaban J connectivity index is 1.74. The SMILES string of the molecule is Cc1c(-n2nnnc2SC2COC(C)(C)C2)c(=O)n(-c2ccccc2)n1C. The Morgan fingerprint density at radius 3 is 2.67 bits per heavy atom. The maximum Gasteiger partial charge on any atom is 0.297 e. The van der Waals surface area contributed by atoms with Crippen molar-refractivity contribution in [1.82, 2.24) is 29.6 Å². The largest absolute Gasteiger partial charge is 0.374 e. The highest BCUT2D eigenvalue weighted by atomic mass is 32.2. The summed E-state index contributed by atoms with van der Waals surface area (Å²) in [5.41, 5.74) is 1.76. The van der Waals surface area contributed by atoms with E-state index < -0.39 is 0 Å². The molecule has 1 atom stereocenters. The van der Waals surface area contributed by atoms with Gasteiger partial charge in [-0.2, -0.15) is 4.68 Å². The maximum atomic E-state index is 13.2. The van der Waals surface area contributed by atoms with E-state index in [-0.39, 0.29) is 16.4 Å². The van der Waals surface area contributed by atoms with Crippen LogP contribution in [-0.4, -0.2) is 47.0 Å². The molecule has 1 aliphatic heterocycles. The predicted octanol–water partition coefficient (Wildman–Crippen LogP) is 2.12. The van der Waals surface area contributed by atoms with E-state index in [2.05, 4.69) is 29.4 Å². The first-order valence-corrected chi connectivity index (χ1v) is 9.69. The van der Waals surface area contributed by atoms with Crippen molar-refractivity contribution < 1.29 is 4.74 Å². The van der Waals surface area contributed by atoms with Gasteiger partial charge in [-0.1, -0.05) is 30.0 Å². The number of ether oxygens (including phenoxy) is 1. The Kier molecular flexibility index (Phi) is 4.43. The Labute approximate surface area is 161 Å². The van der Waals surface area contributed by atoms with Crippen LogP contribution in [0.25, 0.3) is 11.4 Å². The van der Waals surface area contributed by atoms with Gasteiger partial charge in [0.1, 0.15) is 0 Å². The molecule has 0 spiro atoms. The summed E-state index contributed by atoms with van der Waals surface area (Å²) in [5.74, 6) is 0. The van der Waals surface area contributed by atoms with Gasteiger partial charge < -0.3 is 4.74 Å². The number of hydrogen-bond acceptors (Lipinski definition) is 6.